The maximum Gasteiger partial charge on any atom is 0.289 e. The first-order valence-electron chi connectivity index (χ1n) is 9.63. The minimum Gasteiger partial charge on any atom is -0.467 e. The summed E-state index contributed by atoms with van der Waals surface area (Å²) in [5, 5.41) is 0. The van der Waals surface area contributed by atoms with Crippen molar-refractivity contribution in [2.75, 3.05) is 37.6 Å². The quantitative estimate of drug-likeness (QED) is 0.644. The Morgan fingerprint density at radius 2 is 1.59 bits per heavy atom. The van der Waals surface area contributed by atoms with E-state index in [1.807, 2.05) is 42.5 Å². The van der Waals surface area contributed by atoms with E-state index >= 15 is 0 Å². The molecule has 0 atom stereocenters. The van der Waals surface area contributed by atoms with Gasteiger partial charge >= 0.3 is 0 Å². The number of piperazine rings is 1. The summed E-state index contributed by atoms with van der Waals surface area (Å²) in [6.45, 7) is 3.08. The molecule has 1 aliphatic rings. The van der Waals surface area contributed by atoms with Gasteiger partial charge in [-0.2, -0.15) is 0 Å². The zero-order chi connectivity index (χ0) is 20.1. The van der Waals surface area contributed by atoms with Gasteiger partial charge in [0.15, 0.2) is 5.76 Å². The molecule has 1 saturated heterocycles. The predicted molar refractivity (Wildman–Crippen MR) is 107 cm³/mol. The molecule has 7 heteroatoms. The molecule has 1 aliphatic heterocycles. The van der Waals surface area contributed by atoms with Crippen LogP contribution in [0.3, 0.4) is 0 Å². The van der Waals surface area contributed by atoms with Gasteiger partial charge in [0.1, 0.15) is 5.76 Å². The second kappa shape index (κ2) is 8.79. The van der Waals surface area contributed by atoms with Crippen LogP contribution in [0.15, 0.2) is 76.0 Å². The molecule has 0 aliphatic carbocycles. The van der Waals surface area contributed by atoms with Gasteiger partial charge in [-0.15, -0.1) is 0 Å². The second-order valence-electron chi connectivity index (χ2n) is 6.94. The van der Waals surface area contributed by atoms with Crippen LogP contribution in [0.2, 0.25) is 0 Å². The number of hydrogen-bond donors (Lipinski definition) is 0. The number of carbonyl (C=O) groups is 2. The average Bonchev–Trinajstić information content (AvgIpc) is 3.47. The maximum absolute atomic E-state index is 13.1. The Morgan fingerprint density at radius 1 is 0.862 bits per heavy atom. The van der Waals surface area contributed by atoms with Crippen molar-refractivity contribution >= 4 is 17.5 Å². The van der Waals surface area contributed by atoms with Crippen LogP contribution in [0.1, 0.15) is 16.3 Å². The highest BCUT2D eigenvalue weighted by atomic mass is 16.3. The van der Waals surface area contributed by atoms with Crippen LogP contribution in [0, 0.1) is 0 Å². The number of amides is 2. The first-order chi connectivity index (χ1) is 14.2. The normalized spacial score (nSPS) is 14.7. The van der Waals surface area contributed by atoms with Crippen molar-refractivity contribution in [2.24, 2.45) is 0 Å². The zero-order valence-electron chi connectivity index (χ0n) is 16.1. The number of para-hydroxylation sites is 1. The Morgan fingerprint density at radius 3 is 2.24 bits per heavy atom. The number of rotatable bonds is 6. The Hall–Kier alpha value is -3.32. The molecular weight excluding hydrogens is 370 g/mol. The molecule has 2 aromatic heterocycles. The van der Waals surface area contributed by atoms with Gasteiger partial charge in [0.05, 0.1) is 25.6 Å². The van der Waals surface area contributed by atoms with Gasteiger partial charge in [0, 0.05) is 31.9 Å². The Balaban J connectivity index is 1.37. The van der Waals surface area contributed by atoms with E-state index in [-0.39, 0.29) is 11.8 Å². The summed E-state index contributed by atoms with van der Waals surface area (Å²) in [6, 6.07) is 16.6. The molecule has 0 bridgehead atoms. The molecule has 0 spiro atoms. The molecule has 150 valence electrons. The van der Waals surface area contributed by atoms with E-state index in [2.05, 4.69) is 4.90 Å². The second-order valence-corrected chi connectivity index (χ2v) is 6.94. The lowest BCUT2D eigenvalue weighted by atomic mass is 10.2. The topological polar surface area (TPSA) is 70.1 Å². The summed E-state index contributed by atoms with van der Waals surface area (Å²) in [7, 11) is 0. The van der Waals surface area contributed by atoms with Crippen LogP contribution in [0.25, 0.3) is 0 Å². The highest BCUT2D eigenvalue weighted by molar-refractivity contribution is 5.94. The van der Waals surface area contributed by atoms with Crippen molar-refractivity contribution in [3.8, 4) is 0 Å². The van der Waals surface area contributed by atoms with Gasteiger partial charge in [0.2, 0.25) is 5.91 Å². The molecule has 3 aromatic rings. The molecule has 0 unspecified atom stereocenters. The number of furan rings is 2. The van der Waals surface area contributed by atoms with Crippen molar-refractivity contribution < 1.29 is 18.4 Å². The van der Waals surface area contributed by atoms with Crippen LogP contribution < -0.4 is 4.90 Å². The van der Waals surface area contributed by atoms with Crippen molar-refractivity contribution in [3.05, 3.63) is 78.6 Å². The lowest BCUT2D eigenvalue weighted by molar-refractivity contribution is -0.120. The number of anilines is 1. The fourth-order valence-corrected chi connectivity index (χ4v) is 3.43. The highest BCUT2D eigenvalue weighted by Crippen LogP contribution is 2.18. The van der Waals surface area contributed by atoms with Crippen molar-refractivity contribution in [1.82, 2.24) is 9.80 Å². The fourth-order valence-electron chi connectivity index (χ4n) is 3.43. The van der Waals surface area contributed by atoms with Gasteiger partial charge < -0.3 is 18.6 Å². The van der Waals surface area contributed by atoms with Crippen LogP contribution in [-0.2, 0) is 11.3 Å². The molecule has 0 N–H and O–H groups in total. The smallest absolute Gasteiger partial charge is 0.289 e. The van der Waals surface area contributed by atoms with Gasteiger partial charge in [-0.05, 0) is 36.4 Å². The predicted octanol–water partition coefficient (Wildman–Crippen LogP) is 2.86. The molecule has 1 fully saturated rings. The van der Waals surface area contributed by atoms with Gasteiger partial charge in [-0.25, -0.2) is 0 Å². The van der Waals surface area contributed by atoms with Crippen LogP contribution >= 0.6 is 0 Å². The summed E-state index contributed by atoms with van der Waals surface area (Å²) >= 11 is 0. The first kappa shape index (κ1) is 19.0. The Labute approximate surface area is 169 Å². The van der Waals surface area contributed by atoms with Crippen LogP contribution in [-0.4, -0.2) is 54.3 Å². The molecule has 7 nitrogen and oxygen atoms in total. The van der Waals surface area contributed by atoms with Crippen molar-refractivity contribution in [1.29, 1.82) is 0 Å². The Bertz CT molecular complexity index is 914. The van der Waals surface area contributed by atoms with E-state index in [1.165, 1.54) is 6.26 Å². The minimum absolute atomic E-state index is 0.00147. The number of benzene rings is 1. The number of nitrogens with zero attached hydrogens (tertiary/aromatic N) is 3. The molecule has 29 heavy (non-hydrogen) atoms. The van der Waals surface area contributed by atoms with E-state index in [4.69, 9.17) is 8.83 Å². The standard InChI is InChI=1S/C22H23N3O4/c26-21(25(16-19-8-4-14-28-19)18-6-2-1-3-7-18)17-23-10-12-24(13-11-23)22(27)20-9-5-15-29-20/h1-9,14-15H,10-13,16-17H2. The van der Waals surface area contributed by atoms with Crippen LogP contribution in [0.5, 0.6) is 0 Å². The summed E-state index contributed by atoms with van der Waals surface area (Å²) in [6.07, 6.45) is 3.11. The fraction of sp³-hybridized carbons (Fsp3) is 0.273. The molecule has 0 saturated carbocycles. The molecular formula is C22H23N3O4. The van der Waals surface area contributed by atoms with Crippen molar-refractivity contribution in [3.63, 3.8) is 0 Å². The van der Waals surface area contributed by atoms with E-state index in [0.717, 1.165) is 11.4 Å². The lowest BCUT2D eigenvalue weighted by Crippen LogP contribution is -2.51. The molecule has 0 radical (unpaired) electrons. The largest absolute Gasteiger partial charge is 0.467 e. The summed E-state index contributed by atoms with van der Waals surface area (Å²) in [5.41, 5.74) is 0.834. The van der Waals surface area contributed by atoms with E-state index in [9.17, 15) is 9.59 Å². The third kappa shape index (κ3) is 4.57. The highest BCUT2D eigenvalue weighted by Gasteiger charge is 2.26. The third-order valence-corrected chi connectivity index (χ3v) is 5.01. The summed E-state index contributed by atoms with van der Waals surface area (Å²) < 4.78 is 10.6. The SMILES string of the molecule is O=C(c1ccco1)N1CCN(CC(=O)N(Cc2ccco2)c2ccccc2)CC1. The van der Waals surface area contributed by atoms with Crippen LogP contribution in [0.4, 0.5) is 5.69 Å². The molecule has 3 heterocycles. The van der Waals surface area contributed by atoms with Gasteiger partial charge in [-0.1, -0.05) is 18.2 Å². The molecule has 4 rings (SSSR count). The monoisotopic (exact) mass is 393 g/mol. The van der Waals surface area contributed by atoms with Gasteiger partial charge in [0.25, 0.3) is 5.91 Å². The summed E-state index contributed by atoms with van der Waals surface area (Å²) in [5.74, 6) is 0.974. The maximum atomic E-state index is 13.1. The van der Waals surface area contributed by atoms with E-state index in [1.54, 1.807) is 28.2 Å². The molecule has 1 aromatic carbocycles. The summed E-state index contributed by atoms with van der Waals surface area (Å²) in [4.78, 5) is 31.0. The zero-order valence-corrected chi connectivity index (χ0v) is 16.1. The average molecular weight is 393 g/mol. The third-order valence-electron chi connectivity index (χ3n) is 5.01. The van der Waals surface area contributed by atoms with Gasteiger partial charge in [-0.3, -0.25) is 14.5 Å². The van der Waals surface area contributed by atoms with E-state index in [0.29, 0.717) is 45.0 Å². The van der Waals surface area contributed by atoms with E-state index < -0.39 is 0 Å². The minimum atomic E-state index is -0.107. The molecule has 2 amide bonds. The van der Waals surface area contributed by atoms with Crippen molar-refractivity contribution in [2.45, 2.75) is 6.54 Å². The first-order valence-corrected chi connectivity index (χ1v) is 9.63. The lowest BCUT2D eigenvalue weighted by Gasteiger charge is -2.35. The Kier molecular flexibility index (Phi) is 5.76. The number of carbonyl (C=O) groups excluding carboxylic acids is 2. The number of hydrogen-bond acceptors (Lipinski definition) is 5.